The maximum absolute atomic E-state index is 12.0. The highest BCUT2D eigenvalue weighted by Crippen LogP contribution is 2.19. The SMILES string of the molecule is CN(CC(=O)NC1CC1)C(=O)CCCc1nc(C(C)(C)C)no1. The minimum Gasteiger partial charge on any atom is -0.352 e. The predicted octanol–water partition coefficient (Wildman–Crippen LogP) is 1.43. The van der Waals surface area contributed by atoms with E-state index in [4.69, 9.17) is 4.52 Å². The van der Waals surface area contributed by atoms with Gasteiger partial charge in [-0.05, 0) is 19.3 Å². The molecule has 1 fully saturated rings. The lowest BCUT2D eigenvalue weighted by Gasteiger charge is -2.16. The van der Waals surface area contributed by atoms with Gasteiger partial charge in [0.1, 0.15) is 0 Å². The van der Waals surface area contributed by atoms with Gasteiger partial charge in [-0.1, -0.05) is 25.9 Å². The number of nitrogens with one attached hydrogen (secondary N) is 1. The Hall–Kier alpha value is -1.92. The van der Waals surface area contributed by atoms with Crippen molar-refractivity contribution in [3.8, 4) is 0 Å². The molecule has 128 valence electrons. The second-order valence-electron chi connectivity index (χ2n) is 7.21. The normalized spacial score (nSPS) is 14.6. The zero-order chi connectivity index (χ0) is 17.0. The van der Waals surface area contributed by atoms with Gasteiger partial charge >= 0.3 is 0 Å². The Labute approximate surface area is 136 Å². The van der Waals surface area contributed by atoms with Gasteiger partial charge in [0.25, 0.3) is 0 Å². The quantitative estimate of drug-likeness (QED) is 0.820. The summed E-state index contributed by atoms with van der Waals surface area (Å²) < 4.78 is 5.20. The molecule has 1 aliphatic carbocycles. The summed E-state index contributed by atoms with van der Waals surface area (Å²) in [6, 6.07) is 0.320. The van der Waals surface area contributed by atoms with E-state index in [1.54, 1.807) is 7.05 Å². The van der Waals surface area contributed by atoms with Gasteiger partial charge in [-0.3, -0.25) is 9.59 Å². The number of rotatable bonds is 7. The summed E-state index contributed by atoms with van der Waals surface area (Å²) in [6.45, 7) is 6.18. The molecule has 2 amide bonds. The fourth-order valence-corrected chi connectivity index (χ4v) is 2.05. The van der Waals surface area contributed by atoms with Gasteiger partial charge in [0.2, 0.25) is 17.7 Å². The van der Waals surface area contributed by atoms with Gasteiger partial charge in [0, 0.05) is 31.3 Å². The topological polar surface area (TPSA) is 88.3 Å². The molecule has 0 atom stereocenters. The maximum atomic E-state index is 12.0. The highest BCUT2D eigenvalue weighted by molar-refractivity contribution is 5.84. The number of amides is 2. The average molecular weight is 322 g/mol. The molecule has 0 bridgehead atoms. The third kappa shape index (κ3) is 5.65. The molecule has 0 unspecified atom stereocenters. The summed E-state index contributed by atoms with van der Waals surface area (Å²) in [7, 11) is 1.65. The van der Waals surface area contributed by atoms with E-state index >= 15 is 0 Å². The molecule has 1 aromatic heterocycles. The predicted molar refractivity (Wildman–Crippen MR) is 84.7 cm³/mol. The van der Waals surface area contributed by atoms with Crippen molar-refractivity contribution in [2.75, 3.05) is 13.6 Å². The lowest BCUT2D eigenvalue weighted by atomic mass is 9.96. The molecule has 1 aliphatic rings. The monoisotopic (exact) mass is 322 g/mol. The fraction of sp³-hybridized carbons (Fsp3) is 0.750. The lowest BCUT2D eigenvalue weighted by molar-refractivity contribution is -0.134. The van der Waals surface area contributed by atoms with Gasteiger partial charge < -0.3 is 14.7 Å². The Morgan fingerprint density at radius 3 is 2.61 bits per heavy atom. The molecule has 0 saturated heterocycles. The van der Waals surface area contributed by atoms with E-state index < -0.39 is 0 Å². The van der Waals surface area contributed by atoms with Crippen molar-refractivity contribution in [1.82, 2.24) is 20.4 Å². The van der Waals surface area contributed by atoms with Crippen molar-refractivity contribution in [3.05, 3.63) is 11.7 Å². The van der Waals surface area contributed by atoms with Gasteiger partial charge in [0.05, 0.1) is 6.54 Å². The number of likely N-dealkylation sites (N-methyl/N-ethyl adjacent to an activating group) is 1. The smallest absolute Gasteiger partial charge is 0.239 e. The van der Waals surface area contributed by atoms with Crippen LogP contribution in [0.15, 0.2) is 4.52 Å². The molecule has 7 heteroatoms. The Morgan fingerprint density at radius 1 is 1.35 bits per heavy atom. The molecule has 1 saturated carbocycles. The summed E-state index contributed by atoms with van der Waals surface area (Å²) in [4.78, 5) is 29.5. The van der Waals surface area contributed by atoms with E-state index in [1.807, 2.05) is 20.8 Å². The number of carbonyl (C=O) groups is 2. The second kappa shape index (κ2) is 7.10. The Morgan fingerprint density at radius 2 is 2.04 bits per heavy atom. The van der Waals surface area contributed by atoms with Crippen molar-refractivity contribution in [2.24, 2.45) is 0 Å². The zero-order valence-electron chi connectivity index (χ0n) is 14.4. The standard InChI is InChI=1S/C16H26N4O3/c1-16(2,3)15-18-13(23-19-15)6-5-7-14(22)20(4)10-12(21)17-11-8-9-11/h11H,5-10H2,1-4H3,(H,17,21). The van der Waals surface area contributed by atoms with Crippen LogP contribution < -0.4 is 5.32 Å². The molecule has 1 heterocycles. The highest BCUT2D eigenvalue weighted by atomic mass is 16.5. The summed E-state index contributed by atoms with van der Waals surface area (Å²) in [6.07, 6.45) is 3.64. The van der Waals surface area contributed by atoms with E-state index in [2.05, 4.69) is 15.5 Å². The Balaban J connectivity index is 1.69. The zero-order valence-corrected chi connectivity index (χ0v) is 14.4. The number of nitrogens with zero attached hydrogens (tertiary/aromatic N) is 3. The number of carbonyl (C=O) groups excluding carboxylic acids is 2. The highest BCUT2D eigenvalue weighted by Gasteiger charge is 2.24. The summed E-state index contributed by atoms with van der Waals surface area (Å²) >= 11 is 0. The molecule has 0 spiro atoms. The van der Waals surface area contributed by atoms with Crippen LogP contribution in [-0.4, -0.2) is 46.5 Å². The minimum absolute atomic E-state index is 0.0495. The van der Waals surface area contributed by atoms with Crippen LogP contribution >= 0.6 is 0 Å². The molecule has 0 aliphatic heterocycles. The molecule has 23 heavy (non-hydrogen) atoms. The Bertz CT molecular complexity index is 558. The van der Waals surface area contributed by atoms with Crippen molar-refractivity contribution < 1.29 is 14.1 Å². The Kier molecular flexibility index (Phi) is 5.38. The molecule has 1 N–H and O–H groups in total. The van der Waals surface area contributed by atoms with Crippen LogP contribution in [0.3, 0.4) is 0 Å². The van der Waals surface area contributed by atoms with Crippen molar-refractivity contribution in [3.63, 3.8) is 0 Å². The molecule has 1 aromatic rings. The average Bonchev–Trinajstić information content (AvgIpc) is 3.11. The van der Waals surface area contributed by atoms with Crippen molar-refractivity contribution >= 4 is 11.8 Å². The first-order valence-electron chi connectivity index (χ1n) is 8.12. The molecular weight excluding hydrogens is 296 g/mol. The largest absolute Gasteiger partial charge is 0.352 e. The van der Waals surface area contributed by atoms with Crippen LogP contribution in [0.25, 0.3) is 0 Å². The van der Waals surface area contributed by atoms with Crippen LogP contribution in [0.1, 0.15) is 58.2 Å². The van der Waals surface area contributed by atoms with Crippen LogP contribution in [0, 0.1) is 0 Å². The third-order valence-corrected chi connectivity index (χ3v) is 3.67. The molecule has 2 rings (SSSR count). The van der Waals surface area contributed by atoms with Crippen LogP contribution in [0.2, 0.25) is 0 Å². The van der Waals surface area contributed by atoms with Gasteiger partial charge in [-0.2, -0.15) is 4.98 Å². The first kappa shape index (κ1) is 17.4. The number of aryl methyl sites for hydroxylation is 1. The van der Waals surface area contributed by atoms with Crippen molar-refractivity contribution in [1.29, 1.82) is 0 Å². The van der Waals surface area contributed by atoms with E-state index in [0.717, 1.165) is 12.8 Å². The lowest BCUT2D eigenvalue weighted by Crippen LogP contribution is -2.39. The molecular formula is C16H26N4O3. The van der Waals surface area contributed by atoms with Gasteiger partial charge in [-0.25, -0.2) is 0 Å². The molecule has 0 aromatic carbocycles. The van der Waals surface area contributed by atoms with Crippen LogP contribution in [0.4, 0.5) is 0 Å². The minimum atomic E-state index is -0.146. The van der Waals surface area contributed by atoms with E-state index in [1.165, 1.54) is 4.90 Å². The molecule has 7 nitrogen and oxygen atoms in total. The van der Waals surface area contributed by atoms with Crippen LogP contribution in [0.5, 0.6) is 0 Å². The first-order valence-corrected chi connectivity index (χ1v) is 8.12. The summed E-state index contributed by atoms with van der Waals surface area (Å²) in [5.74, 6) is 1.09. The molecule has 0 radical (unpaired) electrons. The van der Waals surface area contributed by atoms with Gasteiger partial charge in [-0.15, -0.1) is 0 Å². The summed E-state index contributed by atoms with van der Waals surface area (Å²) in [5.41, 5.74) is -0.146. The van der Waals surface area contributed by atoms with E-state index in [9.17, 15) is 9.59 Å². The van der Waals surface area contributed by atoms with Crippen molar-refractivity contribution in [2.45, 2.75) is 64.3 Å². The van der Waals surface area contributed by atoms with Crippen LogP contribution in [-0.2, 0) is 21.4 Å². The first-order chi connectivity index (χ1) is 10.8. The second-order valence-corrected chi connectivity index (χ2v) is 7.21. The third-order valence-electron chi connectivity index (χ3n) is 3.67. The van der Waals surface area contributed by atoms with Gasteiger partial charge in [0.15, 0.2) is 5.82 Å². The fourth-order valence-electron chi connectivity index (χ4n) is 2.05. The number of hydrogen-bond acceptors (Lipinski definition) is 5. The maximum Gasteiger partial charge on any atom is 0.239 e. The van der Waals surface area contributed by atoms with E-state index in [-0.39, 0.29) is 23.8 Å². The number of aromatic nitrogens is 2. The number of hydrogen-bond donors (Lipinski definition) is 1. The summed E-state index contributed by atoms with van der Waals surface area (Å²) in [5, 5.41) is 6.83. The van der Waals surface area contributed by atoms with E-state index in [0.29, 0.717) is 37.0 Å².